The van der Waals surface area contributed by atoms with Crippen LogP contribution in [0.25, 0.3) is 10.8 Å². The molecule has 2 N–H and O–H groups in total. The Balaban J connectivity index is 1.67. The van der Waals surface area contributed by atoms with E-state index in [9.17, 15) is 9.90 Å². The maximum absolute atomic E-state index is 12.2. The van der Waals surface area contributed by atoms with Gasteiger partial charge in [0, 0.05) is 24.5 Å². The third-order valence-corrected chi connectivity index (χ3v) is 4.07. The minimum absolute atomic E-state index is 0.0566. The SMILES string of the molecule is CN(CCNC(=O)c1ccc2ccccc2c1O)C1CC1. The van der Waals surface area contributed by atoms with Crippen LogP contribution in [-0.2, 0) is 0 Å². The van der Waals surface area contributed by atoms with Gasteiger partial charge in [-0.05, 0) is 31.3 Å². The number of hydrogen-bond donors (Lipinski definition) is 2. The number of hydrogen-bond acceptors (Lipinski definition) is 3. The number of carbonyl (C=O) groups is 1. The van der Waals surface area contributed by atoms with E-state index in [1.807, 2.05) is 30.3 Å². The molecular formula is C17H20N2O2. The lowest BCUT2D eigenvalue weighted by Gasteiger charge is -2.16. The monoisotopic (exact) mass is 284 g/mol. The van der Waals surface area contributed by atoms with Crippen LogP contribution in [-0.4, -0.2) is 42.1 Å². The Hall–Kier alpha value is -2.07. The highest BCUT2D eigenvalue weighted by molar-refractivity contribution is 6.03. The lowest BCUT2D eigenvalue weighted by Crippen LogP contribution is -2.34. The number of nitrogens with one attached hydrogen (secondary N) is 1. The number of likely N-dealkylation sites (N-methyl/N-ethyl adjacent to an activating group) is 1. The standard InChI is InChI=1S/C17H20N2O2/c1-19(13-7-8-13)11-10-18-17(21)15-9-6-12-4-2-3-5-14(12)16(15)20/h2-6,9,13,20H,7-8,10-11H2,1H3,(H,18,21). The Labute approximate surface area is 124 Å². The second kappa shape index (κ2) is 5.74. The molecule has 1 aliphatic rings. The molecule has 0 unspecified atom stereocenters. The van der Waals surface area contributed by atoms with Crippen LogP contribution in [0.4, 0.5) is 0 Å². The summed E-state index contributed by atoms with van der Waals surface area (Å²) in [6, 6.07) is 11.7. The summed E-state index contributed by atoms with van der Waals surface area (Å²) in [5.41, 5.74) is 0.336. The number of nitrogens with zero attached hydrogens (tertiary/aromatic N) is 1. The van der Waals surface area contributed by atoms with Crippen LogP contribution in [0.1, 0.15) is 23.2 Å². The molecule has 0 saturated heterocycles. The lowest BCUT2D eigenvalue weighted by molar-refractivity contribution is 0.0947. The van der Waals surface area contributed by atoms with Crippen molar-refractivity contribution >= 4 is 16.7 Å². The summed E-state index contributed by atoms with van der Waals surface area (Å²) in [5, 5.41) is 14.8. The van der Waals surface area contributed by atoms with Crippen molar-refractivity contribution in [1.29, 1.82) is 0 Å². The summed E-state index contributed by atoms with van der Waals surface area (Å²) in [5.74, 6) is -0.163. The zero-order chi connectivity index (χ0) is 14.8. The van der Waals surface area contributed by atoms with Gasteiger partial charge in [-0.1, -0.05) is 30.3 Å². The fraction of sp³-hybridized carbons (Fsp3) is 0.353. The van der Waals surface area contributed by atoms with E-state index in [4.69, 9.17) is 0 Å². The molecule has 0 aliphatic heterocycles. The Morgan fingerprint density at radius 1 is 1.29 bits per heavy atom. The van der Waals surface area contributed by atoms with Gasteiger partial charge in [0.05, 0.1) is 5.56 Å². The van der Waals surface area contributed by atoms with Crippen LogP contribution < -0.4 is 5.32 Å². The van der Waals surface area contributed by atoms with Crippen molar-refractivity contribution in [2.75, 3.05) is 20.1 Å². The average molecular weight is 284 g/mol. The summed E-state index contributed by atoms with van der Waals surface area (Å²) >= 11 is 0. The van der Waals surface area contributed by atoms with Gasteiger partial charge in [0.15, 0.2) is 0 Å². The third-order valence-electron chi connectivity index (χ3n) is 4.07. The minimum Gasteiger partial charge on any atom is -0.506 e. The first-order valence-corrected chi connectivity index (χ1v) is 7.36. The van der Waals surface area contributed by atoms with Crippen molar-refractivity contribution in [3.63, 3.8) is 0 Å². The molecule has 0 heterocycles. The van der Waals surface area contributed by atoms with E-state index in [1.54, 1.807) is 6.07 Å². The van der Waals surface area contributed by atoms with Crippen molar-refractivity contribution in [2.24, 2.45) is 0 Å². The van der Waals surface area contributed by atoms with Gasteiger partial charge in [0.25, 0.3) is 5.91 Å². The Kier molecular flexibility index (Phi) is 3.80. The van der Waals surface area contributed by atoms with E-state index in [2.05, 4.69) is 17.3 Å². The van der Waals surface area contributed by atoms with Crippen molar-refractivity contribution in [3.05, 3.63) is 42.0 Å². The average Bonchev–Trinajstić information content (AvgIpc) is 3.32. The first-order valence-electron chi connectivity index (χ1n) is 7.36. The van der Waals surface area contributed by atoms with Crippen molar-refractivity contribution < 1.29 is 9.90 Å². The van der Waals surface area contributed by atoms with Gasteiger partial charge in [-0.25, -0.2) is 0 Å². The molecule has 0 aromatic heterocycles. The first-order chi connectivity index (χ1) is 10.2. The van der Waals surface area contributed by atoms with Gasteiger partial charge in [-0.3, -0.25) is 4.79 Å². The number of rotatable bonds is 5. The number of phenolic OH excluding ortho intramolecular Hbond substituents is 1. The summed E-state index contributed by atoms with van der Waals surface area (Å²) in [6.07, 6.45) is 2.52. The molecule has 0 atom stereocenters. The topological polar surface area (TPSA) is 52.6 Å². The molecule has 1 saturated carbocycles. The number of carbonyl (C=O) groups excluding carboxylic acids is 1. The van der Waals surface area contributed by atoms with Crippen molar-refractivity contribution in [3.8, 4) is 5.75 Å². The van der Waals surface area contributed by atoms with E-state index in [0.29, 0.717) is 23.5 Å². The molecule has 3 rings (SSSR count). The first kappa shape index (κ1) is 13.9. The summed E-state index contributed by atoms with van der Waals surface area (Å²) < 4.78 is 0. The molecule has 1 aliphatic carbocycles. The normalized spacial score (nSPS) is 14.6. The molecule has 0 spiro atoms. The second-order valence-corrected chi connectivity index (χ2v) is 5.65. The quantitative estimate of drug-likeness (QED) is 0.886. The van der Waals surface area contributed by atoms with Gasteiger partial charge >= 0.3 is 0 Å². The Bertz CT molecular complexity index is 665. The molecule has 0 bridgehead atoms. The zero-order valence-electron chi connectivity index (χ0n) is 12.2. The number of aromatic hydroxyl groups is 1. The van der Waals surface area contributed by atoms with Gasteiger partial charge in [0.1, 0.15) is 5.75 Å². The number of amides is 1. The summed E-state index contributed by atoms with van der Waals surface area (Å²) in [4.78, 5) is 14.5. The molecule has 4 nitrogen and oxygen atoms in total. The Morgan fingerprint density at radius 2 is 2.05 bits per heavy atom. The molecule has 2 aromatic rings. The van der Waals surface area contributed by atoms with E-state index in [-0.39, 0.29) is 11.7 Å². The zero-order valence-corrected chi connectivity index (χ0v) is 12.2. The molecule has 4 heteroatoms. The highest BCUT2D eigenvalue weighted by Gasteiger charge is 2.25. The second-order valence-electron chi connectivity index (χ2n) is 5.65. The summed E-state index contributed by atoms with van der Waals surface area (Å²) in [7, 11) is 2.08. The predicted octanol–water partition coefficient (Wildman–Crippen LogP) is 2.37. The molecular weight excluding hydrogens is 264 g/mol. The number of phenols is 1. The van der Waals surface area contributed by atoms with Gasteiger partial charge < -0.3 is 15.3 Å². The van der Waals surface area contributed by atoms with Crippen LogP contribution in [0.5, 0.6) is 5.75 Å². The molecule has 110 valence electrons. The van der Waals surface area contributed by atoms with E-state index in [1.165, 1.54) is 12.8 Å². The maximum Gasteiger partial charge on any atom is 0.255 e. The van der Waals surface area contributed by atoms with E-state index in [0.717, 1.165) is 11.9 Å². The predicted molar refractivity (Wildman–Crippen MR) is 83.6 cm³/mol. The van der Waals surface area contributed by atoms with Crippen LogP contribution in [0.3, 0.4) is 0 Å². The highest BCUT2D eigenvalue weighted by atomic mass is 16.3. The molecule has 1 fully saturated rings. The fourth-order valence-corrected chi connectivity index (χ4v) is 2.58. The number of fused-ring (bicyclic) bond motifs is 1. The lowest BCUT2D eigenvalue weighted by atomic mass is 10.0. The summed E-state index contributed by atoms with van der Waals surface area (Å²) in [6.45, 7) is 1.43. The van der Waals surface area contributed by atoms with Gasteiger partial charge in [0.2, 0.25) is 0 Å². The number of benzene rings is 2. The largest absolute Gasteiger partial charge is 0.506 e. The molecule has 21 heavy (non-hydrogen) atoms. The van der Waals surface area contributed by atoms with Crippen LogP contribution in [0.15, 0.2) is 36.4 Å². The molecule has 1 amide bonds. The third kappa shape index (κ3) is 3.00. The molecule has 2 aromatic carbocycles. The van der Waals surface area contributed by atoms with Gasteiger partial charge in [-0.2, -0.15) is 0 Å². The van der Waals surface area contributed by atoms with Gasteiger partial charge in [-0.15, -0.1) is 0 Å². The van der Waals surface area contributed by atoms with Crippen LogP contribution in [0, 0.1) is 0 Å². The van der Waals surface area contributed by atoms with Crippen LogP contribution >= 0.6 is 0 Å². The smallest absolute Gasteiger partial charge is 0.255 e. The van der Waals surface area contributed by atoms with Crippen molar-refractivity contribution in [1.82, 2.24) is 10.2 Å². The fourth-order valence-electron chi connectivity index (χ4n) is 2.58. The maximum atomic E-state index is 12.2. The van der Waals surface area contributed by atoms with Crippen molar-refractivity contribution in [2.45, 2.75) is 18.9 Å². The van der Waals surface area contributed by atoms with Crippen LogP contribution in [0.2, 0.25) is 0 Å². The van der Waals surface area contributed by atoms with E-state index >= 15 is 0 Å². The van der Waals surface area contributed by atoms with E-state index < -0.39 is 0 Å². The highest BCUT2D eigenvalue weighted by Crippen LogP contribution is 2.28. The Morgan fingerprint density at radius 3 is 2.81 bits per heavy atom. The molecule has 0 radical (unpaired) electrons. The minimum atomic E-state index is -0.220.